The number of hydrogen-bond donors (Lipinski definition) is 0. The quantitative estimate of drug-likeness (QED) is 0.140. The van der Waals surface area contributed by atoms with E-state index in [0.717, 1.165) is 33.8 Å². The van der Waals surface area contributed by atoms with Crippen LogP contribution in [0.4, 0.5) is 17.1 Å². The maximum atomic E-state index is 2.42. The van der Waals surface area contributed by atoms with Gasteiger partial charge in [0.05, 0.1) is 5.69 Å². The lowest BCUT2D eigenvalue weighted by molar-refractivity contribution is 0.660. The predicted octanol–water partition coefficient (Wildman–Crippen LogP) is 18.6. The van der Waals surface area contributed by atoms with E-state index >= 15 is 0 Å². The first kappa shape index (κ1) is 40.9. The van der Waals surface area contributed by atoms with Crippen LogP contribution in [0.5, 0.6) is 0 Å². The van der Waals surface area contributed by atoms with E-state index < -0.39 is 0 Å². The molecule has 0 N–H and O–H groups in total. The first-order valence-corrected chi connectivity index (χ1v) is 23.7. The van der Waals surface area contributed by atoms with Gasteiger partial charge in [0.2, 0.25) is 0 Å². The van der Waals surface area contributed by atoms with Crippen LogP contribution in [0.3, 0.4) is 0 Å². The molecule has 0 unspecified atom stereocenters. The van der Waals surface area contributed by atoms with Gasteiger partial charge in [0, 0.05) is 22.4 Å². The van der Waals surface area contributed by atoms with Crippen LogP contribution in [-0.4, -0.2) is 0 Å². The summed E-state index contributed by atoms with van der Waals surface area (Å²) >= 11 is 0. The summed E-state index contributed by atoms with van der Waals surface area (Å²) in [6, 6.07) is 95.6. The second kappa shape index (κ2) is 17.0. The summed E-state index contributed by atoms with van der Waals surface area (Å²) in [4.78, 5) is 2.42. The van der Waals surface area contributed by atoms with Crippen molar-refractivity contribution in [1.82, 2.24) is 0 Å². The molecule has 0 saturated carbocycles. The Hall–Kier alpha value is -8.52. The number of fused-ring (bicyclic) bond motifs is 4. The van der Waals surface area contributed by atoms with Crippen LogP contribution in [0.25, 0.3) is 88.7 Å². The highest BCUT2D eigenvalue weighted by atomic mass is 15.1. The van der Waals surface area contributed by atoms with Gasteiger partial charge in [-0.15, -0.1) is 0 Å². The molecule has 1 aliphatic rings. The van der Waals surface area contributed by atoms with Crippen LogP contribution in [0, 0.1) is 0 Å². The lowest BCUT2D eigenvalue weighted by Crippen LogP contribution is -2.14. The third-order valence-electron chi connectivity index (χ3n) is 14.1. The highest BCUT2D eigenvalue weighted by Gasteiger charge is 2.35. The summed E-state index contributed by atoms with van der Waals surface area (Å²) in [6.07, 6.45) is 0. The van der Waals surface area contributed by atoms with Crippen molar-refractivity contribution in [2.45, 2.75) is 19.3 Å². The van der Waals surface area contributed by atoms with Gasteiger partial charge in [-0.1, -0.05) is 214 Å². The van der Waals surface area contributed by atoms with Crippen molar-refractivity contribution >= 4 is 27.8 Å². The Morgan fingerprint density at radius 2 is 0.691 bits per heavy atom. The lowest BCUT2D eigenvalue weighted by Gasteiger charge is -2.28. The average Bonchev–Trinajstić information content (AvgIpc) is 3.64. The first-order valence-electron chi connectivity index (χ1n) is 23.7. The zero-order chi connectivity index (χ0) is 45.6. The standard InChI is InChI=1S/C67H49N/c1-67(2)64-29-13-11-27-62(64)63-40-35-51(45-65(63)67)48-31-36-57(37-32-48)68(66-30-14-12-26-61(66)53-24-15-23-52(41-53)60-28-16-22-50-21-9-10-25-59(50)60)58-38-33-49(34-39-58)56-43-54(46-17-5-3-6-18-46)42-55(44-56)47-19-7-4-8-20-47/h3-45H,1-2H3. The van der Waals surface area contributed by atoms with Crippen molar-refractivity contribution in [2.24, 2.45) is 0 Å². The van der Waals surface area contributed by atoms with E-state index in [1.807, 2.05) is 0 Å². The summed E-state index contributed by atoms with van der Waals surface area (Å²) in [5.74, 6) is 0. The minimum absolute atomic E-state index is 0.0640. The Morgan fingerprint density at radius 1 is 0.265 bits per heavy atom. The molecule has 322 valence electrons. The summed E-state index contributed by atoms with van der Waals surface area (Å²) in [5, 5.41) is 2.49. The fourth-order valence-electron chi connectivity index (χ4n) is 10.5. The molecule has 11 aromatic carbocycles. The third-order valence-corrected chi connectivity index (χ3v) is 14.1. The molecule has 68 heavy (non-hydrogen) atoms. The molecule has 0 aromatic heterocycles. The smallest absolute Gasteiger partial charge is 0.0540 e. The predicted molar refractivity (Wildman–Crippen MR) is 289 cm³/mol. The minimum atomic E-state index is -0.0640. The molecule has 0 spiro atoms. The minimum Gasteiger partial charge on any atom is -0.310 e. The Kier molecular flexibility index (Phi) is 10.3. The van der Waals surface area contributed by atoms with Gasteiger partial charge in [-0.25, -0.2) is 0 Å². The lowest BCUT2D eigenvalue weighted by atomic mass is 9.81. The molecule has 12 rings (SSSR count). The van der Waals surface area contributed by atoms with Gasteiger partial charge in [0.25, 0.3) is 0 Å². The molecule has 1 heteroatoms. The maximum Gasteiger partial charge on any atom is 0.0540 e. The normalized spacial score (nSPS) is 12.4. The van der Waals surface area contributed by atoms with Crippen LogP contribution < -0.4 is 4.90 Å². The topological polar surface area (TPSA) is 3.24 Å². The van der Waals surface area contributed by atoms with E-state index in [9.17, 15) is 0 Å². The number of hydrogen-bond acceptors (Lipinski definition) is 1. The zero-order valence-corrected chi connectivity index (χ0v) is 38.3. The second-order valence-electron chi connectivity index (χ2n) is 18.5. The van der Waals surface area contributed by atoms with E-state index in [1.54, 1.807) is 0 Å². The monoisotopic (exact) mass is 867 g/mol. The van der Waals surface area contributed by atoms with Gasteiger partial charge in [-0.3, -0.25) is 0 Å². The molecule has 0 aliphatic heterocycles. The Bertz CT molecular complexity index is 3560. The number of benzene rings is 11. The van der Waals surface area contributed by atoms with Crippen LogP contribution in [-0.2, 0) is 5.41 Å². The maximum absolute atomic E-state index is 2.42. The Morgan fingerprint density at radius 3 is 1.35 bits per heavy atom. The van der Waals surface area contributed by atoms with Gasteiger partial charge in [0.15, 0.2) is 0 Å². The highest BCUT2D eigenvalue weighted by molar-refractivity contribution is 5.98. The SMILES string of the molecule is CC1(C)c2ccccc2-c2ccc(-c3ccc(N(c4ccc(-c5cc(-c6ccccc6)cc(-c6ccccc6)c5)cc4)c4ccccc4-c4cccc(-c5cccc6ccccc56)c4)cc3)cc21. The molecule has 11 aromatic rings. The van der Waals surface area contributed by atoms with E-state index in [1.165, 1.54) is 83.1 Å². The van der Waals surface area contributed by atoms with E-state index in [-0.39, 0.29) is 5.41 Å². The highest BCUT2D eigenvalue weighted by Crippen LogP contribution is 2.50. The van der Waals surface area contributed by atoms with Crippen molar-refractivity contribution in [3.8, 4) is 77.9 Å². The molecule has 0 fully saturated rings. The molecular formula is C67H49N. The fraction of sp³-hybridized carbons (Fsp3) is 0.0448. The summed E-state index contributed by atoms with van der Waals surface area (Å²) in [5.41, 5.74) is 23.0. The van der Waals surface area contributed by atoms with Crippen molar-refractivity contribution in [2.75, 3.05) is 4.90 Å². The summed E-state index contributed by atoms with van der Waals surface area (Å²) in [7, 11) is 0. The van der Waals surface area contributed by atoms with Crippen LogP contribution in [0.2, 0.25) is 0 Å². The molecule has 0 saturated heterocycles. The largest absolute Gasteiger partial charge is 0.310 e. The molecule has 0 radical (unpaired) electrons. The average molecular weight is 868 g/mol. The first-order chi connectivity index (χ1) is 33.5. The second-order valence-corrected chi connectivity index (χ2v) is 18.5. The van der Waals surface area contributed by atoms with Gasteiger partial charge in [0.1, 0.15) is 0 Å². The molecule has 0 amide bonds. The molecular weight excluding hydrogens is 819 g/mol. The van der Waals surface area contributed by atoms with Gasteiger partial charge < -0.3 is 4.90 Å². The van der Waals surface area contributed by atoms with Crippen molar-refractivity contribution < 1.29 is 0 Å². The van der Waals surface area contributed by atoms with Gasteiger partial charge in [-0.05, 0) is 155 Å². The Labute approximate surface area is 399 Å². The van der Waals surface area contributed by atoms with Crippen LogP contribution in [0.1, 0.15) is 25.0 Å². The van der Waals surface area contributed by atoms with Crippen LogP contribution >= 0.6 is 0 Å². The molecule has 1 nitrogen and oxygen atoms in total. The van der Waals surface area contributed by atoms with Gasteiger partial charge in [-0.2, -0.15) is 0 Å². The van der Waals surface area contributed by atoms with E-state index in [2.05, 4.69) is 280 Å². The summed E-state index contributed by atoms with van der Waals surface area (Å²) in [6.45, 7) is 4.70. The third kappa shape index (κ3) is 7.39. The van der Waals surface area contributed by atoms with Crippen LogP contribution in [0.15, 0.2) is 261 Å². The summed E-state index contributed by atoms with van der Waals surface area (Å²) < 4.78 is 0. The number of nitrogens with zero attached hydrogens (tertiary/aromatic N) is 1. The Balaban J connectivity index is 0.968. The zero-order valence-electron chi connectivity index (χ0n) is 38.3. The molecule has 0 heterocycles. The number of rotatable bonds is 9. The van der Waals surface area contributed by atoms with E-state index in [0.29, 0.717) is 0 Å². The molecule has 0 bridgehead atoms. The van der Waals surface area contributed by atoms with Crippen molar-refractivity contribution in [3.05, 3.63) is 272 Å². The van der Waals surface area contributed by atoms with E-state index in [4.69, 9.17) is 0 Å². The molecule has 1 aliphatic carbocycles. The molecule has 0 atom stereocenters. The fourth-order valence-corrected chi connectivity index (χ4v) is 10.5. The van der Waals surface area contributed by atoms with Crippen molar-refractivity contribution in [3.63, 3.8) is 0 Å². The van der Waals surface area contributed by atoms with Gasteiger partial charge >= 0.3 is 0 Å². The number of anilines is 3. The van der Waals surface area contributed by atoms with Crippen molar-refractivity contribution in [1.29, 1.82) is 0 Å². The number of para-hydroxylation sites is 1.